The van der Waals surface area contributed by atoms with E-state index < -0.39 is 0 Å². The zero-order valence-electron chi connectivity index (χ0n) is 12.9. The SMILES string of the molecule is CN1CCO[C@@H](CNC(=O)CCC(=O)NC2CCCC2)C1. The van der Waals surface area contributed by atoms with Crippen molar-refractivity contribution in [2.45, 2.75) is 50.7 Å². The minimum absolute atomic E-state index is 0.00861. The van der Waals surface area contributed by atoms with Gasteiger partial charge in [0.25, 0.3) is 0 Å². The number of ether oxygens (including phenoxy) is 1. The summed E-state index contributed by atoms with van der Waals surface area (Å²) >= 11 is 0. The summed E-state index contributed by atoms with van der Waals surface area (Å²) in [4.78, 5) is 25.7. The number of amides is 2. The summed E-state index contributed by atoms with van der Waals surface area (Å²) in [7, 11) is 2.05. The van der Waals surface area contributed by atoms with Gasteiger partial charge in [0.15, 0.2) is 0 Å². The van der Waals surface area contributed by atoms with E-state index in [1.807, 2.05) is 7.05 Å². The third kappa shape index (κ3) is 6.01. The molecule has 0 aromatic carbocycles. The van der Waals surface area contributed by atoms with Crippen LogP contribution in [0.15, 0.2) is 0 Å². The molecule has 1 aliphatic heterocycles. The molecule has 6 heteroatoms. The summed E-state index contributed by atoms with van der Waals surface area (Å²) in [6.07, 6.45) is 5.12. The van der Waals surface area contributed by atoms with Crippen LogP contribution in [0.25, 0.3) is 0 Å². The van der Waals surface area contributed by atoms with Gasteiger partial charge in [0.1, 0.15) is 0 Å². The van der Waals surface area contributed by atoms with Gasteiger partial charge in [0.05, 0.1) is 12.7 Å². The van der Waals surface area contributed by atoms with Gasteiger partial charge >= 0.3 is 0 Å². The number of hydrogen-bond donors (Lipinski definition) is 2. The lowest BCUT2D eigenvalue weighted by Gasteiger charge is -2.30. The zero-order chi connectivity index (χ0) is 15.1. The van der Waals surface area contributed by atoms with Crippen molar-refractivity contribution < 1.29 is 14.3 Å². The fraction of sp³-hybridized carbons (Fsp3) is 0.867. The molecular weight excluding hydrogens is 270 g/mol. The largest absolute Gasteiger partial charge is 0.374 e. The van der Waals surface area contributed by atoms with Gasteiger partial charge in [-0.25, -0.2) is 0 Å². The maximum Gasteiger partial charge on any atom is 0.220 e. The maximum absolute atomic E-state index is 11.7. The van der Waals surface area contributed by atoms with Crippen LogP contribution in [0.1, 0.15) is 38.5 Å². The Labute approximate surface area is 126 Å². The van der Waals surface area contributed by atoms with E-state index in [2.05, 4.69) is 15.5 Å². The second-order valence-corrected chi connectivity index (χ2v) is 6.11. The van der Waals surface area contributed by atoms with Crippen molar-refractivity contribution >= 4 is 11.8 Å². The van der Waals surface area contributed by atoms with E-state index in [0.717, 1.165) is 25.9 Å². The van der Waals surface area contributed by atoms with Gasteiger partial charge in [0.2, 0.25) is 11.8 Å². The minimum Gasteiger partial charge on any atom is -0.374 e. The number of nitrogens with zero attached hydrogens (tertiary/aromatic N) is 1. The predicted molar refractivity (Wildman–Crippen MR) is 79.9 cm³/mol. The van der Waals surface area contributed by atoms with E-state index in [0.29, 0.717) is 19.2 Å². The smallest absolute Gasteiger partial charge is 0.220 e. The predicted octanol–water partition coefficient (Wildman–Crippen LogP) is 0.272. The Morgan fingerprint density at radius 3 is 2.62 bits per heavy atom. The van der Waals surface area contributed by atoms with Crippen molar-refractivity contribution in [3.05, 3.63) is 0 Å². The molecule has 0 bridgehead atoms. The van der Waals surface area contributed by atoms with E-state index in [1.54, 1.807) is 0 Å². The summed E-state index contributed by atoms with van der Waals surface area (Å²) in [6.45, 7) is 3.00. The molecule has 2 N–H and O–H groups in total. The Balaban J connectivity index is 1.55. The zero-order valence-corrected chi connectivity index (χ0v) is 12.9. The van der Waals surface area contributed by atoms with E-state index in [1.165, 1.54) is 12.8 Å². The van der Waals surface area contributed by atoms with E-state index in [4.69, 9.17) is 4.74 Å². The monoisotopic (exact) mass is 297 g/mol. The first kappa shape index (κ1) is 16.2. The number of hydrogen-bond acceptors (Lipinski definition) is 4. The van der Waals surface area contributed by atoms with E-state index in [-0.39, 0.29) is 30.8 Å². The van der Waals surface area contributed by atoms with Crippen LogP contribution in [-0.4, -0.2) is 62.1 Å². The molecule has 21 heavy (non-hydrogen) atoms. The Hall–Kier alpha value is -1.14. The maximum atomic E-state index is 11.7. The molecule has 0 aromatic heterocycles. The van der Waals surface area contributed by atoms with Gasteiger partial charge in [-0.2, -0.15) is 0 Å². The van der Waals surface area contributed by atoms with Crippen LogP contribution in [-0.2, 0) is 14.3 Å². The first-order chi connectivity index (χ1) is 10.1. The molecule has 2 fully saturated rings. The van der Waals surface area contributed by atoms with Crippen LogP contribution in [0.3, 0.4) is 0 Å². The van der Waals surface area contributed by atoms with Crippen LogP contribution in [0.2, 0.25) is 0 Å². The highest BCUT2D eigenvalue weighted by Gasteiger charge is 2.19. The van der Waals surface area contributed by atoms with Crippen LogP contribution < -0.4 is 10.6 Å². The molecule has 1 atom stereocenters. The summed E-state index contributed by atoms with van der Waals surface area (Å²) < 4.78 is 5.58. The number of carbonyl (C=O) groups excluding carboxylic acids is 2. The van der Waals surface area contributed by atoms with Crippen LogP contribution >= 0.6 is 0 Å². The molecular formula is C15H27N3O3. The molecule has 1 saturated heterocycles. The third-order valence-corrected chi connectivity index (χ3v) is 4.17. The van der Waals surface area contributed by atoms with E-state index in [9.17, 15) is 9.59 Å². The number of rotatable bonds is 6. The van der Waals surface area contributed by atoms with Crippen molar-refractivity contribution in [1.82, 2.24) is 15.5 Å². The topological polar surface area (TPSA) is 70.7 Å². The molecule has 120 valence electrons. The standard InChI is InChI=1S/C15H27N3O3/c1-18-8-9-21-13(11-18)10-16-14(19)6-7-15(20)17-12-4-2-3-5-12/h12-13H,2-11H2,1H3,(H,16,19)(H,17,20)/t13-/m0/s1. The molecule has 0 aromatic rings. The first-order valence-electron chi connectivity index (χ1n) is 7.99. The molecule has 0 radical (unpaired) electrons. The number of morpholine rings is 1. The lowest BCUT2D eigenvalue weighted by atomic mass is 10.2. The lowest BCUT2D eigenvalue weighted by molar-refractivity contribution is -0.127. The highest BCUT2D eigenvalue weighted by atomic mass is 16.5. The Morgan fingerprint density at radius 2 is 1.90 bits per heavy atom. The van der Waals surface area contributed by atoms with Gasteiger partial charge in [-0.1, -0.05) is 12.8 Å². The van der Waals surface area contributed by atoms with E-state index >= 15 is 0 Å². The second-order valence-electron chi connectivity index (χ2n) is 6.11. The molecule has 1 saturated carbocycles. The number of nitrogens with one attached hydrogen (secondary N) is 2. The Morgan fingerprint density at radius 1 is 1.19 bits per heavy atom. The van der Waals surface area contributed by atoms with Crippen molar-refractivity contribution in [3.63, 3.8) is 0 Å². The quantitative estimate of drug-likeness (QED) is 0.738. The molecule has 0 unspecified atom stereocenters. The van der Waals surface area contributed by atoms with Crippen molar-refractivity contribution in [2.24, 2.45) is 0 Å². The van der Waals surface area contributed by atoms with Crippen molar-refractivity contribution in [2.75, 3.05) is 33.3 Å². The summed E-state index contributed by atoms with van der Waals surface area (Å²) in [5.41, 5.74) is 0. The third-order valence-electron chi connectivity index (χ3n) is 4.17. The molecule has 2 rings (SSSR count). The van der Waals surface area contributed by atoms with Crippen molar-refractivity contribution in [1.29, 1.82) is 0 Å². The lowest BCUT2D eigenvalue weighted by Crippen LogP contribution is -2.46. The Bertz CT molecular complexity index is 356. The average Bonchev–Trinajstić information content (AvgIpc) is 2.96. The number of carbonyl (C=O) groups is 2. The van der Waals surface area contributed by atoms with Crippen molar-refractivity contribution in [3.8, 4) is 0 Å². The van der Waals surface area contributed by atoms with Gasteiger partial charge < -0.3 is 20.3 Å². The molecule has 1 aliphatic carbocycles. The number of likely N-dealkylation sites (N-methyl/N-ethyl adjacent to an activating group) is 1. The van der Waals surface area contributed by atoms with Gasteiger partial charge in [0, 0.05) is 38.5 Å². The first-order valence-corrected chi connectivity index (χ1v) is 7.99. The van der Waals surface area contributed by atoms with Gasteiger partial charge in [-0.3, -0.25) is 9.59 Å². The van der Waals surface area contributed by atoms with Gasteiger partial charge in [-0.15, -0.1) is 0 Å². The Kier molecular flexibility index (Phi) is 6.45. The highest BCUT2D eigenvalue weighted by molar-refractivity contribution is 5.83. The minimum atomic E-state index is -0.0756. The fourth-order valence-corrected chi connectivity index (χ4v) is 2.90. The van der Waals surface area contributed by atoms with Crippen LogP contribution in [0.5, 0.6) is 0 Å². The normalized spacial score (nSPS) is 24.0. The average molecular weight is 297 g/mol. The molecule has 0 spiro atoms. The summed E-state index contributed by atoms with van der Waals surface area (Å²) in [5.74, 6) is -0.0842. The summed E-state index contributed by atoms with van der Waals surface area (Å²) in [5, 5.41) is 5.85. The van der Waals surface area contributed by atoms with Crippen LogP contribution in [0.4, 0.5) is 0 Å². The second kappa shape index (κ2) is 8.34. The molecule has 1 heterocycles. The fourth-order valence-electron chi connectivity index (χ4n) is 2.90. The van der Waals surface area contributed by atoms with Crippen LogP contribution in [0, 0.1) is 0 Å². The van der Waals surface area contributed by atoms with Gasteiger partial charge in [-0.05, 0) is 19.9 Å². The summed E-state index contributed by atoms with van der Waals surface area (Å²) in [6, 6.07) is 0.326. The molecule has 6 nitrogen and oxygen atoms in total. The highest BCUT2D eigenvalue weighted by Crippen LogP contribution is 2.17. The molecule has 2 amide bonds. The molecule has 2 aliphatic rings.